The summed E-state index contributed by atoms with van der Waals surface area (Å²) in [5.41, 5.74) is 1.14. The highest BCUT2D eigenvalue weighted by Gasteiger charge is 2.08. The Kier molecular flexibility index (Phi) is 3.13. The minimum atomic E-state index is -1.08. The molecule has 0 saturated heterocycles. The van der Waals surface area contributed by atoms with Gasteiger partial charge in [0.25, 0.3) is 0 Å². The lowest BCUT2D eigenvalue weighted by Crippen LogP contribution is -2.02. The van der Waals surface area contributed by atoms with Gasteiger partial charge >= 0.3 is 5.97 Å². The molecule has 4 heteroatoms. The molecule has 0 spiro atoms. The average molecular weight is 224 g/mol. The van der Waals surface area contributed by atoms with Crippen LogP contribution >= 0.6 is 0 Å². The van der Waals surface area contributed by atoms with E-state index in [0.29, 0.717) is 5.56 Å². The highest BCUT2D eigenvalue weighted by atomic mass is 16.4. The van der Waals surface area contributed by atoms with Crippen LogP contribution in [-0.4, -0.2) is 21.0 Å². The molecule has 2 heterocycles. The van der Waals surface area contributed by atoms with Crippen LogP contribution in [0.15, 0.2) is 42.9 Å². The van der Waals surface area contributed by atoms with Crippen molar-refractivity contribution in [2.75, 3.05) is 0 Å². The molecule has 0 aromatic carbocycles. The van der Waals surface area contributed by atoms with Crippen LogP contribution in [0.1, 0.15) is 21.6 Å². The molecule has 2 rings (SSSR count). The molecular weight excluding hydrogens is 216 g/mol. The van der Waals surface area contributed by atoms with Gasteiger partial charge in [0.2, 0.25) is 0 Å². The van der Waals surface area contributed by atoms with Gasteiger partial charge in [-0.2, -0.15) is 0 Å². The molecule has 2 aromatic heterocycles. The zero-order valence-electron chi connectivity index (χ0n) is 8.79. The highest BCUT2D eigenvalue weighted by Crippen LogP contribution is 2.04. The van der Waals surface area contributed by atoms with Crippen LogP contribution in [0.2, 0.25) is 0 Å². The third-order valence-corrected chi connectivity index (χ3v) is 2.03. The number of aromatic nitrogens is 2. The lowest BCUT2D eigenvalue weighted by molar-refractivity contribution is 0.0690. The van der Waals surface area contributed by atoms with Crippen LogP contribution in [0.25, 0.3) is 0 Å². The molecule has 0 unspecified atom stereocenters. The number of carboxylic acids is 1. The van der Waals surface area contributed by atoms with Crippen LogP contribution in [-0.2, 0) is 0 Å². The number of carboxylic acid groups (broad SMARTS) is 1. The Balaban J connectivity index is 2.38. The summed E-state index contributed by atoms with van der Waals surface area (Å²) in [5.74, 6) is 4.57. The van der Waals surface area contributed by atoms with E-state index in [4.69, 9.17) is 5.11 Å². The molecule has 2 aromatic rings. The number of hydrogen-bond donors (Lipinski definition) is 1. The second-order valence-corrected chi connectivity index (χ2v) is 3.19. The van der Waals surface area contributed by atoms with Crippen molar-refractivity contribution < 1.29 is 9.90 Å². The van der Waals surface area contributed by atoms with Crippen molar-refractivity contribution in [2.45, 2.75) is 0 Å². The van der Waals surface area contributed by atoms with Crippen molar-refractivity contribution in [3.63, 3.8) is 0 Å². The van der Waals surface area contributed by atoms with Gasteiger partial charge in [-0.05, 0) is 24.3 Å². The van der Waals surface area contributed by atoms with Crippen LogP contribution in [0.5, 0.6) is 0 Å². The van der Waals surface area contributed by atoms with Gasteiger partial charge < -0.3 is 5.11 Å². The van der Waals surface area contributed by atoms with E-state index in [1.807, 2.05) is 0 Å². The second-order valence-electron chi connectivity index (χ2n) is 3.19. The molecule has 1 N–H and O–H groups in total. The maximum absolute atomic E-state index is 10.9. The SMILES string of the molecule is O=C(O)c1ncccc1C#Cc1ccncc1. The van der Waals surface area contributed by atoms with Gasteiger partial charge in [-0.1, -0.05) is 11.8 Å². The minimum Gasteiger partial charge on any atom is -0.476 e. The fourth-order valence-electron chi connectivity index (χ4n) is 1.25. The van der Waals surface area contributed by atoms with Crippen LogP contribution in [0.4, 0.5) is 0 Å². The van der Waals surface area contributed by atoms with E-state index in [-0.39, 0.29) is 5.69 Å². The number of pyridine rings is 2. The van der Waals surface area contributed by atoms with E-state index in [2.05, 4.69) is 21.8 Å². The molecule has 0 bridgehead atoms. The molecule has 0 aliphatic rings. The first-order chi connectivity index (χ1) is 8.27. The largest absolute Gasteiger partial charge is 0.476 e. The predicted molar refractivity (Wildman–Crippen MR) is 61.4 cm³/mol. The monoisotopic (exact) mass is 224 g/mol. The Morgan fingerprint density at radius 2 is 1.88 bits per heavy atom. The third-order valence-electron chi connectivity index (χ3n) is 2.03. The Morgan fingerprint density at radius 3 is 2.59 bits per heavy atom. The van der Waals surface area contributed by atoms with Crippen molar-refractivity contribution in [2.24, 2.45) is 0 Å². The van der Waals surface area contributed by atoms with Crippen LogP contribution in [0, 0.1) is 11.8 Å². The number of carbonyl (C=O) groups is 1. The molecule has 0 atom stereocenters. The summed E-state index contributed by atoms with van der Waals surface area (Å²) in [5, 5.41) is 8.92. The van der Waals surface area contributed by atoms with Gasteiger partial charge in [-0.25, -0.2) is 9.78 Å². The first kappa shape index (κ1) is 10.8. The predicted octanol–water partition coefficient (Wildman–Crippen LogP) is 1.57. The highest BCUT2D eigenvalue weighted by molar-refractivity contribution is 5.88. The van der Waals surface area contributed by atoms with E-state index < -0.39 is 5.97 Å². The molecule has 82 valence electrons. The summed E-state index contributed by atoms with van der Waals surface area (Å²) in [4.78, 5) is 18.5. The zero-order valence-corrected chi connectivity index (χ0v) is 8.79. The average Bonchev–Trinajstić information content (AvgIpc) is 2.38. The fraction of sp³-hybridized carbons (Fsp3) is 0. The summed E-state index contributed by atoms with van der Waals surface area (Å²) in [7, 11) is 0. The van der Waals surface area contributed by atoms with Crippen molar-refractivity contribution in [1.82, 2.24) is 9.97 Å². The second kappa shape index (κ2) is 4.90. The smallest absolute Gasteiger partial charge is 0.355 e. The van der Waals surface area contributed by atoms with Gasteiger partial charge in [-0.15, -0.1) is 0 Å². The molecule has 0 fully saturated rings. The number of nitrogens with zero attached hydrogens (tertiary/aromatic N) is 2. The Bertz CT molecular complexity index is 598. The number of aromatic carboxylic acids is 1. The van der Waals surface area contributed by atoms with E-state index in [0.717, 1.165) is 5.56 Å². The van der Waals surface area contributed by atoms with E-state index in [1.54, 1.807) is 36.7 Å². The first-order valence-corrected chi connectivity index (χ1v) is 4.88. The number of rotatable bonds is 1. The molecule has 0 saturated carbocycles. The summed E-state index contributed by atoms with van der Waals surface area (Å²) in [6.07, 6.45) is 4.69. The van der Waals surface area contributed by atoms with E-state index in [9.17, 15) is 4.79 Å². The molecule has 0 aliphatic heterocycles. The van der Waals surface area contributed by atoms with Gasteiger partial charge in [0, 0.05) is 24.2 Å². The maximum atomic E-state index is 10.9. The maximum Gasteiger partial charge on any atom is 0.355 e. The van der Waals surface area contributed by atoms with E-state index in [1.165, 1.54) is 6.20 Å². The molecular formula is C13H8N2O2. The molecule has 17 heavy (non-hydrogen) atoms. The lowest BCUT2D eigenvalue weighted by atomic mass is 10.2. The quantitative estimate of drug-likeness (QED) is 0.747. The van der Waals surface area contributed by atoms with Gasteiger partial charge in [0.05, 0.1) is 5.56 Å². The van der Waals surface area contributed by atoms with Crippen LogP contribution < -0.4 is 0 Å². The zero-order chi connectivity index (χ0) is 12.1. The minimum absolute atomic E-state index is 0.0333. The van der Waals surface area contributed by atoms with Crippen molar-refractivity contribution in [1.29, 1.82) is 0 Å². The van der Waals surface area contributed by atoms with Crippen molar-refractivity contribution >= 4 is 5.97 Å². The van der Waals surface area contributed by atoms with Crippen molar-refractivity contribution in [3.05, 3.63) is 59.7 Å². The lowest BCUT2D eigenvalue weighted by Gasteiger charge is -1.95. The standard InChI is InChI=1S/C13H8N2O2/c16-13(17)12-11(2-1-7-15-12)4-3-10-5-8-14-9-6-10/h1-2,5-9H,(H,16,17). The number of hydrogen-bond acceptors (Lipinski definition) is 3. The fourth-order valence-corrected chi connectivity index (χ4v) is 1.25. The molecule has 4 nitrogen and oxygen atoms in total. The molecule has 0 amide bonds. The summed E-state index contributed by atoms with van der Waals surface area (Å²) in [6, 6.07) is 6.79. The summed E-state index contributed by atoms with van der Waals surface area (Å²) in [6.45, 7) is 0. The summed E-state index contributed by atoms with van der Waals surface area (Å²) >= 11 is 0. The van der Waals surface area contributed by atoms with Crippen LogP contribution in [0.3, 0.4) is 0 Å². The summed E-state index contributed by atoms with van der Waals surface area (Å²) < 4.78 is 0. The Morgan fingerprint density at radius 1 is 1.12 bits per heavy atom. The third kappa shape index (κ3) is 2.67. The first-order valence-electron chi connectivity index (χ1n) is 4.88. The Labute approximate surface area is 98.0 Å². The van der Waals surface area contributed by atoms with Gasteiger partial charge in [0.1, 0.15) is 0 Å². The Hall–Kier alpha value is -2.67. The van der Waals surface area contributed by atoms with Gasteiger partial charge in [0.15, 0.2) is 5.69 Å². The van der Waals surface area contributed by atoms with Gasteiger partial charge in [-0.3, -0.25) is 4.98 Å². The molecule has 0 radical (unpaired) electrons. The normalized spacial score (nSPS) is 9.18. The van der Waals surface area contributed by atoms with E-state index >= 15 is 0 Å². The molecule has 0 aliphatic carbocycles. The van der Waals surface area contributed by atoms with Crippen molar-refractivity contribution in [3.8, 4) is 11.8 Å². The topological polar surface area (TPSA) is 63.1 Å².